The van der Waals surface area contributed by atoms with Crippen molar-refractivity contribution in [2.45, 2.75) is 25.7 Å². The molecule has 0 spiro atoms. The molecular weight excluding hydrogens is 264 g/mol. The normalized spacial score (nSPS) is 13.8. The summed E-state index contributed by atoms with van der Waals surface area (Å²) >= 11 is 0. The number of carbonyl (C=O) groups excluding carboxylic acids is 1. The predicted octanol–water partition coefficient (Wildman–Crippen LogP) is 2.04. The van der Waals surface area contributed by atoms with Gasteiger partial charge >= 0.3 is 0 Å². The molecule has 1 heterocycles. The van der Waals surface area contributed by atoms with Gasteiger partial charge in [-0.05, 0) is 43.9 Å². The fourth-order valence-corrected chi connectivity index (χ4v) is 2.84. The summed E-state index contributed by atoms with van der Waals surface area (Å²) in [5.41, 5.74) is 10.7. The molecule has 1 amide bonds. The molecule has 0 atom stereocenters. The van der Waals surface area contributed by atoms with Gasteiger partial charge < -0.3 is 15.2 Å². The molecule has 5 nitrogen and oxygen atoms in total. The number of nitrogens with zero attached hydrogens (tertiary/aromatic N) is 3. The molecule has 1 aliphatic carbocycles. The fourth-order valence-electron chi connectivity index (χ4n) is 2.84. The Morgan fingerprint density at radius 2 is 2.05 bits per heavy atom. The second-order valence-corrected chi connectivity index (χ2v) is 5.69. The van der Waals surface area contributed by atoms with Gasteiger partial charge in [-0.15, -0.1) is 0 Å². The highest BCUT2D eigenvalue weighted by Crippen LogP contribution is 2.26. The Bertz CT molecular complexity index is 688. The Balaban J connectivity index is 2.00. The Kier molecular flexibility index (Phi) is 3.41. The number of aryl methyl sites for hydroxylation is 1. The summed E-state index contributed by atoms with van der Waals surface area (Å²) in [5, 5.41) is 0. The monoisotopic (exact) mass is 284 g/mol. The topological polar surface area (TPSA) is 64.2 Å². The smallest absolute Gasteiger partial charge is 0.253 e. The summed E-state index contributed by atoms with van der Waals surface area (Å²) < 4.78 is 2.06. The molecule has 0 saturated carbocycles. The standard InChI is InChI=1S/C16H20N4O/c1-19(2)16(21)11-7-8-14(12(17)9-11)20-10-18-13-5-3-4-6-15(13)20/h7-10H,3-6,17H2,1-2H3. The highest BCUT2D eigenvalue weighted by Gasteiger charge is 2.18. The fraction of sp³-hybridized carbons (Fsp3) is 0.375. The minimum absolute atomic E-state index is 0.0408. The third kappa shape index (κ3) is 2.39. The van der Waals surface area contributed by atoms with Crippen molar-refractivity contribution in [3.8, 4) is 5.69 Å². The van der Waals surface area contributed by atoms with E-state index in [1.54, 1.807) is 25.1 Å². The predicted molar refractivity (Wildman–Crippen MR) is 82.6 cm³/mol. The molecule has 110 valence electrons. The first-order valence-electron chi connectivity index (χ1n) is 7.24. The number of benzene rings is 1. The number of anilines is 1. The van der Waals surface area contributed by atoms with Crippen LogP contribution in [0.5, 0.6) is 0 Å². The van der Waals surface area contributed by atoms with Crippen LogP contribution in [0.15, 0.2) is 24.5 Å². The zero-order chi connectivity index (χ0) is 15.0. The summed E-state index contributed by atoms with van der Waals surface area (Å²) in [4.78, 5) is 18.0. The third-order valence-electron chi connectivity index (χ3n) is 3.97. The number of hydrogen-bond donors (Lipinski definition) is 1. The van der Waals surface area contributed by atoms with Crippen LogP contribution in [-0.4, -0.2) is 34.5 Å². The molecule has 3 rings (SSSR count). The molecule has 1 aromatic carbocycles. The molecule has 0 saturated heterocycles. The van der Waals surface area contributed by atoms with Crippen molar-refractivity contribution in [2.75, 3.05) is 19.8 Å². The zero-order valence-corrected chi connectivity index (χ0v) is 12.5. The first-order valence-corrected chi connectivity index (χ1v) is 7.24. The van der Waals surface area contributed by atoms with E-state index in [1.165, 1.54) is 24.2 Å². The van der Waals surface area contributed by atoms with Crippen LogP contribution in [0.2, 0.25) is 0 Å². The number of imidazole rings is 1. The average Bonchev–Trinajstić information content (AvgIpc) is 2.90. The van der Waals surface area contributed by atoms with Gasteiger partial charge in [-0.25, -0.2) is 4.98 Å². The van der Waals surface area contributed by atoms with Crippen molar-refractivity contribution in [2.24, 2.45) is 0 Å². The maximum atomic E-state index is 12.0. The highest BCUT2D eigenvalue weighted by molar-refractivity contribution is 5.95. The molecule has 0 bridgehead atoms. The van der Waals surface area contributed by atoms with Crippen LogP contribution < -0.4 is 5.73 Å². The van der Waals surface area contributed by atoms with Crippen molar-refractivity contribution in [1.29, 1.82) is 0 Å². The van der Waals surface area contributed by atoms with Gasteiger partial charge in [0, 0.05) is 25.4 Å². The lowest BCUT2D eigenvalue weighted by atomic mass is 10.0. The molecule has 1 aliphatic rings. The number of nitrogen functional groups attached to an aromatic ring is 1. The lowest BCUT2D eigenvalue weighted by Crippen LogP contribution is -2.21. The molecule has 2 aromatic rings. The SMILES string of the molecule is CN(C)C(=O)c1ccc(-n2cnc3c2CCCC3)c(N)c1. The number of hydrogen-bond acceptors (Lipinski definition) is 3. The average molecular weight is 284 g/mol. The van der Waals surface area contributed by atoms with E-state index in [-0.39, 0.29) is 5.91 Å². The largest absolute Gasteiger partial charge is 0.397 e. The quantitative estimate of drug-likeness (QED) is 0.858. The number of amides is 1. The Hall–Kier alpha value is -2.30. The van der Waals surface area contributed by atoms with Crippen LogP contribution in [0, 0.1) is 0 Å². The van der Waals surface area contributed by atoms with Crippen LogP contribution in [0.25, 0.3) is 5.69 Å². The summed E-state index contributed by atoms with van der Waals surface area (Å²) in [6, 6.07) is 5.47. The number of carbonyl (C=O) groups is 1. The van der Waals surface area contributed by atoms with E-state index in [4.69, 9.17) is 5.73 Å². The van der Waals surface area contributed by atoms with Crippen molar-refractivity contribution >= 4 is 11.6 Å². The van der Waals surface area contributed by atoms with Gasteiger partial charge in [-0.3, -0.25) is 4.79 Å². The number of fused-ring (bicyclic) bond motifs is 1. The third-order valence-corrected chi connectivity index (χ3v) is 3.97. The first kappa shape index (κ1) is 13.7. The lowest BCUT2D eigenvalue weighted by Gasteiger charge is -2.16. The highest BCUT2D eigenvalue weighted by atomic mass is 16.2. The van der Waals surface area contributed by atoms with E-state index in [2.05, 4.69) is 9.55 Å². The molecule has 0 fully saturated rings. The molecule has 2 N–H and O–H groups in total. The second kappa shape index (κ2) is 5.24. The van der Waals surface area contributed by atoms with Crippen molar-refractivity contribution in [1.82, 2.24) is 14.5 Å². The van der Waals surface area contributed by atoms with Gasteiger partial charge in [0.25, 0.3) is 5.91 Å². The van der Waals surface area contributed by atoms with E-state index < -0.39 is 0 Å². The molecule has 1 aromatic heterocycles. The van der Waals surface area contributed by atoms with Gasteiger partial charge in [0.2, 0.25) is 0 Å². The first-order chi connectivity index (χ1) is 10.1. The summed E-state index contributed by atoms with van der Waals surface area (Å²) in [5.74, 6) is -0.0408. The van der Waals surface area contributed by atoms with E-state index in [1.807, 2.05) is 18.5 Å². The van der Waals surface area contributed by atoms with Crippen LogP contribution >= 0.6 is 0 Å². The summed E-state index contributed by atoms with van der Waals surface area (Å²) in [6.07, 6.45) is 6.31. The van der Waals surface area contributed by atoms with Gasteiger partial charge in [0.15, 0.2) is 0 Å². The zero-order valence-electron chi connectivity index (χ0n) is 12.5. The van der Waals surface area contributed by atoms with Gasteiger partial charge in [0.1, 0.15) is 0 Å². The number of rotatable bonds is 2. The van der Waals surface area contributed by atoms with Crippen LogP contribution in [-0.2, 0) is 12.8 Å². The van der Waals surface area contributed by atoms with Gasteiger partial charge in [-0.2, -0.15) is 0 Å². The van der Waals surface area contributed by atoms with Crippen molar-refractivity contribution in [3.63, 3.8) is 0 Å². The maximum absolute atomic E-state index is 12.0. The molecular formula is C16H20N4O. The second-order valence-electron chi connectivity index (χ2n) is 5.69. The Morgan fingerprint density at radius 1 is 1.29 bits per heavy atom. The summed E-state index contributed by atoms with van der Waals surface area (Å²) in [7, 11) is 3.47. The van der Waals surface area contributed by atoms with Gasteiger partial charge in [-0.1, -0.05) is 0 Å². The number of nitrogens with two attached hydrogens (primary N) is 1. The lowest BCUT2D eigenvalue weighted by molar-refractivity contribution is 0.0827. The van der Waals surface area contributed by atoms with E-state index in [0.29, 0.717) is 11.3 Å². The van der Waals surface area contributed by atoms with Crippen LogP contribution in [0.4, 0.5) is 5.69 Å². The Labute approximate surface area is 124 Å². The van der Waals surface area contributed by atoms with E-state index in [0.717, 1.165) is 18.5 Å². The molecule has 5 heteroatoms. The minimum atomic E-state index is -0.0408. The molecule has 21 heavy (non-hydrogen) atoms. The van der Waals surface area contributed by atoms with Crippen LogP contribution in [0.1, 0.15) is 34.6 Å². The maximum Gasteiger partial charge on any atom is 0.253 e. The summed E-state index contributed by atoms with van der Waals surface area (Å²) in [6.45, 7) is 0. The molecule has 0 radical (unpaired) electrons. The molecule has 0 aliphatic heterocycles. The van der Waals surface area contributed by atoms with E-state index >= 15 is 0 Å². The molecule has 0 unspecified atom stereocenters. The minimum Gasteiger partial charge on any atom is -0.397 e. The van der Waals surface area contributed by atoms with Crippen molar-refractivity contribution < 1.29 is 4.79 Å². The van der Waals surface area contributed by atoms with Gasteiger partial charge in [0.05, 0.1) is 23.4 Å². The Morgan fingerprint density at radius 3 is 2.76 bits per heavy atom. The van der Waals surface area contributed by atoms with Crippen LogP contribution in [0.3, 0.4) is 0 Å². The van der Waals surface area contributed by atoms with Crippen molar-refractivity contribution in [3.05, 3.63) is 41.5 Å². The van der Waals surface area contributed by atoms with E-state index in [9.17, 15) is 4.79 Å². The number of aromatic nitrogens is 2.